The highest BCUT2D eigenvalue weighted by Crippen LogP contribution is 2.30. The molecule has 0 spiro atoms. The van der Waals surface area contributed by atoms with Crippen molar-refractivity contribution in [2.75, 3.05) is 0 Å². The van der Waals surface area contributed by atoms with E-state index in [4.69, 9.17) is 4.74 Å². The number of nitrogens with zero attached hydrogens (tertiary/aromatic N) is 7. The lowest BCUT2D eigenvalue weighted by Crippen LogP contribution is -2.29. The molecule has 11 heteroatoms. The van der Waals surface area contributed by atoms with E-state index in [1.165, 1.54) is 0 Å². The number of hydrogen-bond acceptors (Lipinski definition) is 8. The third kappa shape index (κ3) is 4.08. The van der Waals surface area contributed by atoms with Crippen LogP contribution < -0.4 is 4.74 Å². The summed E-state index contributed by atoms with van der Waals surface area (Å²) in [4.78, 5) is 15.9. The van der Waals surface area contributed by atoms with Gasteiger partial charge in [0.15, 0.2) is 5.82 Å². The molecule has 1 unspecified atom stereocenters. The minimum Gasteiger partial charge on any atom is -0.489 e. The summed E-state index contributed by atoms with van der Waals surface area (Å²) in [5.41, 5.74) is 2.86. The number of aromatic nitrogens is 8. The van der Waals surface area contributed by atoms with E-state index in [-0.39, 0.29) is 12.0 Å². The largest absolute Gasteiger partial charge is 0.489 e. The number of carboxylic acid groups (broad SMARTS) is 1. The van der Waals surface area contributed by atoms with E-state index in [2.05, 4.69) is 35.9 Å². The number of nitrogens with one attached hydrogen (secondary N) is 1. The van der Waals surface area contributed by atoms with Crippen LogP contribution in [0.3, 0.4) is 0 Å². The Hall–Kier alpha value is -3.37. The zero-order chi connectivity index (χ0) is 20.4. The summed E-state index contributed by atoms with van der Waals surface area (Å²) in [6.45, 7) is 1.87. The molecule has 3 aromatic rings. The number of carbonyl (C=O) groups is 1. The van der Waals surface area contributed by atoms with E-state index in [0.717, 1.165) is 24.2 Å². The Morgan fingerprint density at radius 2 is 2.21 bits per heavy atom. The van der Waals surface area contributed by atoms with E-state index in [9.17, 15) is 9.90 Å². The standard InChI is InChI=1S/C18H22N8O3/c1-10-15(29-12-5-3-4-11(8-12)18(27)28)7-6-13(19-10)17-14(26(2)25-22-17)9-16-20-23-24-21-16/h6-7,11-12H,3-5,8-9H2,1-2H3,(H,27,28)(H,20,21,23,24)/t11-,12?/m0/s1. The maximum atomic E-state index is 11.3. The van der Waals surface area contributed by atoms with E-state index in [1.807, 2.05) is 19.1 Å². The second-order valence-electron chi connectivity index (χ2n) is 7.23. The van der Waals surface area contributed by atoms with Crippen LogP contribution in [0.5, 0.6) is 5.75 Å². The Bertz CT molecular complexity index is 1000. The van der Waals surface area contributed by atoms with Crippen LogP contribution in [-0.2, 0) is 18.3 Å². The van der Waals surface area contributed by atoms with Gasteiger partial charge in [-0.2, -0.15) is 5.21 Å². The quantitative estimate of drug-likeness (QED) is 0.627. The second kappa shape index (κ2) is 7.94. The minimum atomic E-state index is -0.750. The zero-order valence-corrected chi connectivity index (χ0v) is 16.2. The van der Waals surface area contributed by atoms with Gasteiger partial charge < -0.3 is 9.84 Å². The van der Waals surface area contributed by atoms with Gasteiger partial charge in [0.2, 0.25) is 0 Å². The van der Waals surface area contributed by atoms with Gasteiger partial charge in [-0.1, -0.05) is 10.4 Å². The molecule has 4 rings (SSSR count). The minimum absolute atomic E-state index is 0.110. The smallest absolute Gasteiger partial charge is 0.306 e. The monoisotopic (exact) mass is 398 g/mol. The van der Waals surface area contributed by atoms with Gasteiger partial charge in [-0.15, -0.1) is 15.3 Å². The number of aliphatic carboxylic acids is 1. The summed E-state index contributed by atoms with van der Waals surface area (Å²) >= 11 is 0. The van der Waals surface area contributed by atoms with Crippen molar-refractivity contribution in [3.8, 4) is 17.1 Å². The lowest BCUT2D eigenvalue weighted by molar-refractivity contribution is -0.143. The average Bonchev–Trinajstić information content (AvgIpc) is 3.34. The molecule has 152 valence electrons. The van der Waals surface area contributed by atoms with Crippen LogP contribution in [0.4, 0.5) is 0 Å². The first-order valence-electron chi connectivity index (χ1n) is 9.49. The summed E-state index contributed by atoms with van der Waals surface area (Å²) in [6, 6.07) is 3.69. The van der Waals surface area contributed by atoms with Crippen LogP contribution in [0.2, 0.25) is 0 Å². The van der Waals surface area contributed by atoms with Crippen molar-refractivity contribution in [1.29, 1.82) is 0 Å². The Morgan fingerprint density at radius 1 is 1.34 bits per heavy atom. The molecule has 0 radical (unpaired) electrons. The molecular formula is C18H22N8O3. The van der Waals surface area contributed by atoms with E-state index in [1.54, 1.807) is 11.7 Å². The SMILES string of the molecule is Cc1nc(-c2nnn(C)c2Cc2nn[nH]n2)ccc1OC1CCC[C@H](C(=O)O)C1. The Morgan fingerprint density at radius 3 is 2.93 bits per heavy atom. The zero-order valence-electron chi connectivity index (χ0n) is 16.2. The van der Waals surface area contributed by atoms with E-state index in [0.29, 0.717) is 42.2 Å². The fraction of sp³-hybridized carbons (Fsp3) is 0.500. The molecule has 1 saturated carbocycles. The summed E-state index contributed by atoms with van der Waals surface area (Å²) in [5, 5.41) is 31.6. The van der Waals surface area contributed by atoms with Gasteiger partial charge >= 0.3 is 5.97 Å². The molecule has 0 bridgehead atoms. The molecule has 29 heavy (non-hydrogen) atoms. The predicted molar refractivity (Wildman–Crippen MR) is 100.0 cm³/mol. The maximum absolute atomic E-state index is 11.3. The molecule has 2 N–H and O–H groups in total. The summed E-state index contributed by atoms with van der Waals surface area (Å²) in [6.07, 6.45) is 3.25. The molecule has 0 saturated heterocycles. The highest BCUT2D eigenvalue weighted by atomic mass is 16.5. The number of ether oxygens (including phenoxy) is 1. The Balaban J connectivity index is 1.53. The molecule has 1 aliphatic carbocycles. The van der Waals surface area contributed by atoms with Crippen LogP contribution in [0.25, 0.3) is 11.4 Å². The van der Waals surface area contributed by atoms with Crippen molar-refractivity contribution in [1.82, 2.24) is 40.6 Å². The number of aryl methyl sites for hydroxylation is 2. The molecule has 3 aromatic heterocycles. The van der Waals surface area contributed by atoms with Crippen LogP contribution in [0, 0.1) is 12.8 Å². The van der Waals surface area contributed by atoms with E-state index >= 15 is 0 Å². The van der Waals surface area contributed by atoms with Crippen molar-refractivity contribution in [3.63, 3.8) is 0 Å². The Labute approximate surface area is 166 Å². The molecule has 3 heterocycles. The average molecular weight is 398 g/mol. The van der Waals surface area contributed by atoms with Crippen molar-refractivity contribution in [2.45, 2.75) is 45.1 Å². The van der Waals surface area contributed by atoms with Crippen molar-refractivity contribution < 1.29 is 14.6 Å². The van der Waals surface area contributed by atoms with E-state index < -0.39 is 5.97 Å². The first-order valence-corrected chi connectivity index (χ1v) is 9.49. The molecule has 2 atom stereocenters. The number of H-pyrrole nitrogens is 1. The summed E-state index contributed by atoms with van der Waals surface area (Å²) in [7, 11) is 1.80. The fourth-order valence-electron chi connectivity index (χ4n) is 3.64. The second-order valence-corrected chi connectivity index (χ2v) is 7.23. The van der Waals surface area contributed by atoms with Crippen molar-refractivity contribution >= 4 is 5.97 Å². The number of rotatable bonds is 6. The highest BCUT2D eigenvalue weighted by Gasteiger charge is 2.28. The predicted octanol–water partition coefficient (Wildman–Crippen LogP) is 1.31. The maximum Gasteiger partial charge on any atom is 0.306 e. The molecule has 1 fully saturated rings. The first kappa shape index (κ1) is 19.0. The van der Waals surface area contributed by atoms with Crippen LogP contribution in [-0.4, -0.2) is 57.8 Å². The highest BCUT2D eigenvalue weighted by molar-refractivity contribution is 5.70. The van der Waals surface area contributed by atoms with Crippen molar-refractivity contribution in [2.24, 2.45) is 13.0 Å². The van der Waals surface area contributed by atoms with Gasteiger partial charge in [-0.25, -0.2) is 4.98 Å². The van der Waals surface area contributed by atoms with Crippen LogP contribution in [0.1, 0.15) is 42.9 Å². The van der Waals surface area contributed by atoms with Gasteiger partial charge in [0.1, 0.15) is 11.4 Å². The molecule has 0 aromatic carbocycles. The van der Waals surface area contributed by atoms with Gasteiger partial charge in [0, 0.05) is 7.05 Å². The van der Waals surface area contributed by atoms with Gasteiger partial charge in [0.25, 0.3) is 0 Å². The lowest BCUT2D eigenvalue weighted by atomic mass is 9.87. The number of carboxylic acids is 1. The number of hydrogen-bond donors (Lipinski definition) is 2. The summed E-state index contributed by atoms with van der Waals surface area (Å²) in [5.74, 6) is 0.112. The van der Waals surface area contributed by atoms with Gasteiger partial charge in [0.05, 0.1) is 35.5 Å². The van der Waals surface area contributed by atoms with Crippen molar-refractivity contribution in [3.05, 3.63) is 29.3 Å². The van der Waals surface area contributed by atoms with Gasteiger partial charge in [-0.05, 0) is 44.7 Å². The lowest BCUT2D eigenvalue weighted by Gasteiger charge is -2.27. The van der Waals surface area contributed by atoms with Gasteiger partial charge in [-0.3, -0.25) is 9.48 Å². The molecule has 11 nitrogen and oxygen atoms in total. The molecule has 0 aliphatic heterocycles. The number of pyridine rings is 1. The van der Waals surface area contributed by atoms with Crippen LogP contribution in [0.15, 0.2) is 12.1 Å². The van der Waals surface area contributed by atoms with Crippen LogP contribution >= 0.6 is 0 Å². The molecular weight excluding hydrogens is 376 g/mol. The third-order valence-electron chi connectivity index (χ3n) is 5.21. The third-order valence-corrected chi connectivity index (χ3v) is 5.21. The number of aromatic amines is 1. The summed E-state index contributed by atoms with van der Waals surface area (Å²) < 4.78 is 7.75. The topological polar surface area (TPSA) is 145 Å². The Kier molecular flexibility index (Phi) is 5.19. The normalized spacial score (nSPS) is 19.2. The molecule has 0 amide bonds. The first-order chi connectivity index (χ1) is 14.0. The number of tetrazole rings is 1. The molecule has 1 aliphatic rings. The fourth-order valence-corrected chi connectivity index (χ4v) is 3.64.